The second kappa shape index (κ2) is 4.72. The van der Waals surface area contributed by atoms with E-state index in [1.54, 1.807) is 25.2 Å². The van der Waals surface area contributed by atoms with Crippen LogP contribution in [0.1, 0.15) is 10.4 Å². The maximum Gasteiger partial charge on any atom is 0.251 e. The largest absolute Gasteiger partial charge is 0.377 e. The molecule has 1 aliphatic heterocycles. The van der Waals surface area contributed by atoms with Crippen molar-refractivity contribution in [2.75, 3.05) is 25.6 Å². The predicted octanol–water partition coefficient (Wildman–Crippen LogP) is 1.51. The first-order valence-corrected chi connectivity index (χ1v) is 5.44. The Labute approximate surface area is 98.9 Å². The summed E-state index contributed by atoms with van der Waals surface area (Å²) in [4.78, 5) is 11.4. The van der Waals surface area contributed by atoms with E-state index in [-0.39, 0.29) is 11.9 Å². The van der Waals surface area contributed by atoms with Gasteiger partial charge < -0.3 is 15.4 Å². The average Bonchev–Trinajstić information content (AvgIpc) is 2.24. The minimum atomic E-state index is -0.121. The normalized spacial score (nSPS) is 15.4. The van der Waals surface area contributed by atoms with E-state index in [1.807, 2.05) is 0 Å². The number of rotatable bonds is 3. The van der Waals surface area contributed by atoms with Crippen molar-refractivity contribution in [3.63, 3.8) is 0 Å². The summed E-state index contributed by atoms with van der Waals surface area (Å²) in [6.07, 6.45) is 0. The molecule has 0 bridgehead atoms. The lowest BCUT2D eigenvalue weighted by molar-refractivity contribution is 0.0211. The van der Waals surface area contributed by atoms with Gasteiger partial charge in [-0.1, -0.05) is 11.6 Å². The van der Waals surface area contributed by atoms with Gasteiger partial charge >= 0.3 is 0 Å². The van der Waals surface area contributed by atoms with Gasteiger partial charge in [-0.3, -0.25) is 4.79 Å². The number of amides is 1. The zero-order chi connectivity index (χ0) is 11.5. The van der Waals surface area contributed by atoms with Gasteiger partial charge in [-0.15, -0.1) is 0 Å². The Bertz CT molecular complexity index is 405. The first kappa shape index (κ1) is 11.2. The van der Waals surface area contributed by atoms with E-state index in [9.17, 15) is 4.79 Å². The Morgan fingerprint density at radius 3 is 2.81 bits per heavy atom. The highest BCUT2D eigenvalue weighted by Crippen LogP contribution is 2.24. The van der Waals surface area contributed by atoms with Crippen molar-refractivity contribution in [1.82, 2.24) is 5.32 Å². The maximum atomic E-state index is 11.4. The molecule has 1 aromatic rings. The summed E-state index contributed by atoms with van der Waals surface area (Å²) < 4.78 is 5.06. The fraction of sp³-hybridized carbons (Fsp3) is 0.364. The first-order chi connectivity index (χ1) is 7.70. The number of hydrogen-bond donors (Lipinski definition) is 2. The summed E-state index contributed by atoms with van der Waals surface area (Å²) in [5.74, 6) is -0.121. The summed E-state index contributed by atoms with van der Waals surface area (Å²) in [6.45, 7) is 1.36. The number of nitrogens with one attached hydrogen (secondary N) is 2. The molecule has 1 saturated heterocycles. The van der Waals surface area contributed by atoms with Crippen LogP contribution in [0.15, 0.2) is 18.2 Å². The molecule has 0 unspecified atom stereocenters. The van der Waals surface area contributed by atoms with Crippen molar-refractivity contribution < 1.29 is 9.53 Å². The third-order valence-electron chi connectivity index (χ3n) is 2.45. The molecule has 2 N–H and O–H groups in total. The van der Waals surface area contributed by atoms with Crippen LogP contribution in [0.25, 0.3) is 0 Å². The van der Waals surface area contributed by atoms with E-state index in [1.165, 1.54) is 0 Å². The van der Waals surface area contributed by atoms with Gasteiger partial charge in [0.1, 0.15) is 0 Å². The topological polar surface area (TPSA) is 50.4 Å². The van der Waals surface area contributed by atoms with Crippen LogP contribution in [0.2, 0.25) is 5.02 Å². The maximum absolute atomic E-state index is 11.4. The molecule has 16 heavy (non-hydrogen) atoms. The fourth-order valence-corrected chi connectivity index (χ4v) is 1.63. The van der Waals surface area contributed by atoms with E-state index in [0.29, 0.717) is 23.8 Å². The number of carbonyl (C=O) groups is 1. The quantitative estimate of drug-likeness (QED) is 0.842. The standard InChI is InChI=1S/C11H13ClN2O2/c1-13-11(15)7-2-3-9(12)10(4-7)14-8-5-16-6-8/h2-4,8,14H,5-6H2,1H3,(H,13,15). The molecule has 1 fully saturated rings. The van der Waals surface area contributed by atoms with Crippen LogP contribution in [0.5, 0.6) is 0 Å². The summed E-state index contributed by atoms with van der Waals surface area (Å²) in [5, 5.41) is 6.41. The summed E-state index contributed by atoms with van der Waals surface area (Å²) in [5.41, 5.74) is 1.37. The van der Waals surface area contributed by atoms with E-state index in [2.05, 4.69) is 10.6 Å². The molecule has 0 spiro atoms. The predicted molar refractivity (Wildman–Crippen MR) is 63.1 cm³/mol. The molecule has 0 radical (unpaired) electrons. The third kappa shape index (κ3) is 2.28. The number of halogens is 1. The van der Waals surface area contributed by atoms with Gasteiger partial charge in [0.05, 0.1) is 30.0 Å². The molecule has 0 aromatic heterocycles. The van der Waals surface area contributed by atoms with Crippen molar-refractivity contribution >= 4 is 23.2 Å². The summed E-state index contributed by atoms with van der Waals surface area (Å²) in [7, 11) is 1.60. The highest BCUT2D eigenvalue weighted by Gasteiger charge is 2.19. The Kier molecular flexibility index (Phi) is 3.31. The van der Waals surface area contributed by atoms with Crippen LogP contribution in [0, 0.1) is 0 Å². The van der Waals surface area contributed by atoms with Crippen LogP contribution in [0.4, 0.5) is 5.69 Å². The van der Waals surface area contributed by atoms with E-state index >= 15 is 0 Å². The van der Waals surface area contributed by atoms with Crippen LogP contribution in [0.3, 0.4) is 0 Å². The van der Waals surface area contributed by atoms with Gasteiger partial charge in [0.25, 0.3) is 5.91 Å². The lowest BCUT2D eigenvalue weighted by atomic mass is 10.1. The number of benzene rings is 1. The molecular weight excluding hydrogens is 228 g/mol. The Morgan fingerprint density at radius 2 is 2.25 bits per heavy atom. The first-order valence-electron chi connectivity index (χ1n) is 5.06. The number of carbonyl (C=O) groups excluding carboxylic acids is 1. The monoisotopic (exact) mass is 240 g/mol. The molecule has 0 saturated carbocycles. The van der Waals surface area contributed by atoms with E-state index in [4.69, 9.17) is 16.3 Å². The zero-order valence-corrected chi connectivity index (χ0v) is 9.67. The number of ether oxygens (including phenoxy) is 1. The van der Waals surface area contributed by atoms with Crippen molar-refractivity contribution in [2.24, 2.45) is 0 Å². The third-order valence-corrected chi connectivity index (χ3v) is 2.78. The highest BCUT2D eigenvalue weighted by molar-refractivity contribution is 6.33. The molecular formula is C11H13ClN2O2. The Hall–Kier alpha value is -1.26. The van der Waals surface area contributed by atoms with Crippen molar-refractivity contribution in [2.45, 2.75) is 6.04 Å². The minimum absolute atomic E-state index is 0.121. The van der Waals surface area contributed by atoms with E-state index < -0.39 is 0 Å². The molecule has 0 atom stereocenters. The second-order valence-corrected chi connectivity index (χ2v) is 4.06. The van der Waals surface area contributed by atoms with Crippen LogP contribution in [-0.4, -0.2) is 32.2 Å². The van der Waals surface area contributed by atoms with E-state index in [0.717, 1.165) is 5.69 Å². The van der Waals surface area contributed by atoms with Gasteiger partial charge in [-0.2, -0.15) is 0 Å². The van der Waals surface area contributed by atoms with Crippen molar-refractivity contribution in [3.05, 3.63) is 28.8 Å². The van der Waals surface area contributed by atoms with Gasteiger partial charge in [0, 0.05) is 12.6 Å². The lowest BCUT2D eigenvalue weighted by Crippen LogP contribution is -2.40. The SMILES string of the molecule is CNC(=O)c1ccc(Cl)c(NC2COC2)c1. The van der Waals surface area contributed by atoms with Crippen LogP contribution >= 0.6 is 11.6 Å². The molecule has 86 valence electrons. The molecule has 1 aliphatic rings. The minimum Gasteiger partial charge on any atom is -0.377 e. The Morgan fingerprint density at radius 1 is 1.50 bits per heavy atom. The summed E-state index contributed by atoms with van der Waals surface area (Å²) in [6, 6.07) is 5.45. The molecule has 0 aliphatic carbocycles. The van der Waals surface area contributed by atoms with Gasteiger partial charge in [-0.05, 0) is 18.2 Å². The lowest BCUT2D eigenvalue weighted by Gasteiger charge is -2.28. The van der Waals surface area contributed by atoms with Gasteiger partial charge in [0.2, 0.25) is 0 Å². The molecule has 4 nitrogen and oxygen atoms in total. The zero-order valence-electron chi connectivity index (χ0n) is 8.92. The number of anilines is 1. The van der Waals surface area contributed by atoms with Crippen LogP contribution < -0.4 is 10.6 Å². The Balaban J connectivity index is 2.17. The summed E-state index contributed by atoms with van der Waals surface area (Å²) >= 11 is 6.03. The van der Waals surface area contributed by atoms with Crippen molar-refractivity contribution in [1.29, 1.82) is 0 Å². The van der Waals surface area contributed by atoms with Gasteiger partial charge in [-0.25, -0.2) is 0 Å². The van der Waals surface area contributed by atoms with Crippen LogP contribution in [-0.2, 0) is 4.74 Å². The molecule has 1 heterocycles. The second-order valence-electron chi connectivity index (χ2n) is 3.65. The smallest absolute Gasteiger partial charge is 0.251 e. The molecule has 5 heteroatoms. The number of hydrogen-bond acceptors (Lipinski definition) is 3. The molecule has 1 amide bonds. The van der Waals surface area contributed by atoms with Gasteiger partial charge in [0.15, 0.2) is 0 Å². The highest BCUT2D eigenvalue weighted by atomic mass is 35.5. The van der Waals surface area contributed by atoms with Crippen molar-refractivity contribution in [3.8, 4) is 0 Å². The average molecular weight is 241 g/mol. The fourth-order valence-electron chi connectivity index (χ4n) is 1.46. The molecule has 2 rings (SSSR count). The molecule has 1 aromatic carbocycles.